The largest absolute Gasteiger partial charge is 0.506 e. The van der Waals surface area contributed by atoms with Gasteiger partial charge in [-0.1, -0.05) is 139 Å². The van der Waals surface area contributed by atoms with Crippen LogP contribution in [0.15, 0.2) is 58.3 Å². The first kappa shape index (κ1) is 33.4. The number of aliphatic hydroxyl groups excluding tert-OH is 1. The van der Waals surface area contributed by atoms with E-state index < -0.39 is 9.84 Å². The molecule has 2 rings (SSSR count). The van der Waals surface area contributed by atoms with Crippen molar-refractivity contribution in [1.29, 1.82) is 0 Å². The third-order valence-corrected chi connectivity index (χ3v) is 9.54. The van der Waals surface area contributed by atoms with Gasteiger partial charge in [0.05, 0.1) is 11.0 Å². The Morgan fingerprint density at radius 3 is 1.49 bits per heavy atom. The molecule has 0 saturated heterocycles. The van der Waals surface area contributed by atoms with Crippen LogP contribution >= 0.6 is 0 Å². The maximum Gasteiger partial charge on any atom is 0.210 e. The Hall–Kier alpha value is -1.85. The monoisotopic (exact) mass is 558 g/mol. The summed E-state index contributed by atoms with van der Waals surface area (Å²) in [7, 11) is -3.71. The zero-order valence-corrected chi connectivity index (χ0v) is 25.3. The number of benzene rings is 2. The lowest BCUT2D eigenvalue weighted by molar-refractivity contribution is 0.180. The number of aromatic hydroxyl groups is 1. The van der Waals surface area contributed by atoms with Crippen LogP contribution in [0.25, 0.3) is 0 Å². The van der Waals surface area contributed by atoms with E-state index in [0.717, 1.165) is 24.8 Å². The molecule has 0 aliphatic heterocycles. The standard InChI is InChI=1S/C34H54O4S/c1-30(35)24-19-16-14-12-10-8-6-4-2-3-5-7-9-11-13-15-17-20-25-31-26-23-29-33(34(31)36)39(37,38)32-27-21-18-22-28-32/h18,21-23,26-30,35-36H,2-17,19-20,24-25H2,1H3. The molecule has 5 heteroatoms. The fraction of sp³-hybridized carbons (Fsp3) is 0.647. The smallest absolute Gasteiger partial charge is 0.210 e. The van der Waals surface area contributed by atoms with E-state index in [1.54, 1.807) is 36.4 Å². The molecular formula is C34H54O4S. The average molecular weight is 559 g/mol. The number of sulfone groups is 1. The van der Waals surface area contributed by atoms with E-state index in [9.17, 15) is 18.6 Å². The van der Waals surface area contributed by atoms with E-state index in [2.05, 4.69) is 0 Å². The van der Waals surface area contributed by atoms with Crippen LogP contribution in [0.2, 0.25) is 0 Å². The van der Waals surface area contributed by atoms with Gasteiger partial charge in [-0.05, 0) is 49.9 Å². The second-order valence-corrected chi connectivity index (χ2v) is 13.3. The molecule has 39 heavy (non-hydrogen) atoms. The predicted molar refractivity (Wildman–Crippen MR) is 163 cm³/mol. The lowest BCUT2D eigenvalue weighted by Gasteiger charge is -2.11. The van der Waals surface area contributed by atoms with Gasteiger partial charge in [0.15, 0.2) is 0 Å². The second-order valence-electron chi connectivity index (χ2n) is 11.3. The summed E-state index contributed by atoms with van der Waals surface area (Å²) in [5, 5.41) is 19.9. The fourth-order valence-electron chi connectivity index (χ4n) is 5.30. The first-order valence-electron chi connectivity index (χ1n) is 15.7. The molecule has 0 amide bonds. The lowest BCUT2D eigenvalue weighted by atomic mass is 10.0. The van der Waals surface area contributed by atoms with Crippen LogP contribution in [0.4, 0.5) is 0 Å². The summed E-state index contributed by atoms with van der Waals surface area (Å²) in [5.41, 5.74) is 0.718. The molecular weight excluding hydrogens is 504 g/mol. The van der Waals surface area contributed by atoms with Crippen LogP contribution in [0.3, 0.4) is 0 Å². The van der Waals surface area contributed by atoms with Gasteiger partial charge in [0.2, 0.25) is 9.84 Å². The topological polar surface area (TPSA) is 74.6 Å². The minimum Gasteiger partial charge on any atom is -0.506 e. The molecule has 4 nitrogen and oxygen atoms in total. The van der Waals surface area contributed by atoms with Gasteiger partial charge in [-0.15, -0.1) is 0 Å². The number of para-hydroxylation sites is 1. The summed E-state index contributed by atoms with van der Waals surface area (Å²) in [5.74, 6) is -0.0960. The van der Waals surface area contributed by atoms with E-state index >= 15 is 0 Å². The molecule has 0 bridgehead atoms. The molecule has 0 aliphatic rings. The van der Waals surface area contributed by atoms with Crippen LogP contribution in [-0.4, -0.2) is 24.7 Å². The van der Waals surface area contributed by atoms with E-state index in [-0.39, 0.29) is 21.6 Å². The molecule has 220 valence electrons. The minimum absolute atomic E-state index is 0.00203. The van der Waals surface area contributed by atoms with Crippen LogP contribution in [-0.2, 0) is 16.3 Å². The molecule has 0 fully saturated rings. The number of hydrogen-bond acceptors (Lipinski definition) is 4. The first-order valence-corrected chi connectivity index (χ1v) is 17.2. The summed E-state index contributed by atoms with van der Waals surface area (Å²) in [6.45, 7) is 1.88. The van der Waals surface area contributed by atoms with Gasteiger partial charge in [-0.3, -0.25) is 0 Å². The summed E-state index contributed by atoms with van der Waals surface area (Å²) >= 11 is 0. The number of aryl methyl sites for hydroxylation is 1. The molecule has 1 unspecified atom stereocenters. The highest BCUT2D eigenvalue weighted by Gasteiger charge is 2.22. The third kappa shape index (κ3) is 13.9. The van der Waals surface area contributed by atoms with Gasteiger partial charge in [0.1, 0.15) is 10.6 Å². The molecule has 1 atom stereocenters. The second kappa shape index (κ2) is 20.1. The van der Waals surface area contributed by atoms with Crippen molar-refractivity contribution in [2.75, 3.05) is 0 Å². The van der Waals surface area contributed by atoms with Crippen LogP contribution in [0.1, 0.15) is 134 Å². The van der Waals surface area contributed by atoms with Crippen LogP contribution < -0.4 is 0 Å². The van der Waals surface area contributed by atoms with E-state index in [4.69, 9.17) is 0 Å². The van der Waals surface area contributed by atoms with Crippen molar-refractivity contribution in [2.24, 2.45) is 0 Å². The molecule has 0 heterocycles. The van der Waals surface area contributed by atoms with Gasteiger partial charge in [-0.2, -0.15) is 0 Å². The fourth-order valence-corrected chi connectivity index (χ4v) is 6.71. The van der Waals surface area contributed by atoms with Gasteiger partial charge < -0.3 is 10.2 Å². The van der Waals surface area contributed by atoms with Crippen molar-refractivity contribution >= 4 is 9.84 Å². The zero-order chi connectivity index (χ0) is 28.2. The quantitative estimate of drug-likeness (QED) is 0.133. The van der Waals surface area contributed by atoms with Gasteiger partial charge >= 0.3 is 0 Å². The van der Waals surface area contributed by atoms with Gasteiger partial charge in [0, 0.05) is 0 Å². The number of phenolic OH excluding ortho intramolecular Hbond substituents is 1. The summed E-state index contributed by atoms with van der Waals surface area (Å²) in [6.07, 6.45) is 24.8. The van der Waals surface area contributed by atoms with Crippen LogP contribution in [0.5, 0.6) is 5.75 Å². The Bertz CT molecular complexity index is 986. The van der Waals surface area contributed by atoms with E-state index in [0.29, 0.717) is 6.42 Å². The number of rotatable bonds is 23. The molecule has 2 N–H and O–H groups in total. The summed E-state index contributed by atoms with van der Waals surface area (Å²) < 4.78 is 25.8. The highest BCUT2D eigenvalue weighted by Crippen LogP contribution is 2.32. The molecule has 0 saturated carbocycles. The molecule has 0 aromatic heterocycles. The maximum atomic E-state index is 12.9. The van der Waals surface area contributed by atoms with E-state index in [1.165, 1.54) is 109 Å². The van der Waals surface area contributed by atoms with Crippen molar-refractivity contribution in [3.8, 4) is 5.75 Å². The molecule has 0 spiro atoms. The Balaban J connectivity index is 1.43. The molecule has 2 aromatic carbocycles. The molecule has 2 aromatic rings. The van der Waals surface area contributed by atoms with Crippen LogP contribution in [0, 0.1) is 0 Å². The highest BCUT2D eigenvalue weighted by atomic mass is 32.2. The first-order chi connectivity index (χ1) is 18.9. The average Bonchev–Trinajstić information content (AvgIpc) is 2.93. The maximum absolute atomic E-state index is 12.9. The number of hydrogen-bond donors (Lipinski definition) is 2. The Labute approximate surface area is 239 Å². The van der Waals surface area contributed by atoms with Gasteiger partial charge in [-0.25, -0.2) is 8.42 Å². The lowest BCUT2D eigenvalue weighted by Crippen LogP contribution is -2.03. The normalized spacial score (nSPS) is 12.6. The third-order valence-electron chi connectivity index (χ3n) is 7.74. The number of phenols is 1. The molecule has 0 aliphatic carbocycles. The Morgan fingerprint density at radius 1 is 0.590 bits per heavy atom. The number of aliphatic hydroxyl groups is 1. The zero-order valence-electron chi connectivity index (χ0n) is 24.5. The minimum atomic E-state index is -3.71. The highest BCUT2D eigenvalue weighted by molar-refractivity contribution is 7.91. The SMILES string of the molecule is CC(O)CCCCCCCCCCCCCCCCCCCCc1cccc(S(=O)(=O)c2ccccc2)c1O. The molecule has 0 radical (unpaired) electrons. The van der Waals surface area contributed by atoms with Crippen molar-refractivity contribution in [3.05, 3.63) is 54.1 Å². The summed E-state index contributed by atoms with van der Waals surface area (Å²) in [4.78, 5) is 0.210. The Morgan fingerprint density at radius 2 is 1.03 bits per heavy atom. The Kier molecular flexibility index (Phi) is 17.2. The number of unbranched alkanes of at least 4 members (excludes halogenated alkanes) is 17. The predicted octanol–water partition coefficient (Wildman–Crippen LogP) is 9.56. The van der Waals surface area contributed by atoms with Crippen molar-refractivity contribution < 1.29 is 18.6 Å². The van der Waals surface area contributed by atoms with Gasteiger partial charge in [0.25, 0.3) is 0 Å². The summed E-state index contributed by atoms with van der Waals surface area (Å²) in [6, 6.07) is 13.4. The van der Waals surface area contributed by atoms with Crippen molar-refractivity contribution in [1.82, 2.24) is 0 Å². The van der Waals surface area contributed by atoms with Crippen molar-refractivity contribution in [2.45, 2.75) is 151 Å². The van der Waals surface area contributed by atoms with E-state index in [1.807, 2.05) is 13.0 Å². The van der Waals surface area contributed by atoms with Crippen molar-refractivity contribution in [3.63, 3.8) is 0 Å².